The zero-order valence-electron chi connectivity index (χ0n) is 11.2. The molecule has 1 N–H and O–H groups in total. The Labute approximate surface area is 104 Å². The molecule has 1 aliphatic rings. The lowest BCUT2D eigenvalue weighted by Gasteiger charge is -2.34. The van der Waals surface area contributed by atoms with Crippen LogP contribution < -0.4 is 5.32 Å². The molecule has 0 radical (unpaired) electrons. The van der Waals surface area contributed by atoms with Crippen LogP contribution in [0.3, 0.4) is 0 Å². The van der Waals surface area contributed by atoms with Crippen molar-refractivity contribution in [3.8, 4) is 0 Å². The van der Waals surface area contributed by atoms with E-state index in [0.717, 1.165) is 29.8 Å². The van der Waals surface area contributed by atoms with Gasteiger partial charge in [-0.05, 0) is 31.6 Å². The van der Waals surface area contributed by atoms with Crippen LogP contribution in [0.25, 0.3) is 0 Å². The van der Waals surface area contributed by atoms with E-state index in [9.17, 15) is 0 Å². The molecule has 96 valence electrons. The van der Waals surface area contributed by atoms with Crippen molar-refractivity contribution in [2.45, 2.75) is 59.0 Å². The molecule has 2 rings (SSSR count). The summed E-state index contributed by atoms with van der Waals surface area (Å²) in [6.45, 7) is 7.45. The highest BCUT2D eigenvalue weighted by Crippen LogP contribution is 2.30. The monoisotopic (exact) mass is 236 g/mol. The zero-order chi connectivity index (χ0) is 12.3. The van der Waals surface area contributed by atoms with Crippen LogP contribution in [0.1, 0.15) is 51.0 Å². The minimum atomic E-state index is 0.653. The van der Waals surface area contributed by atoms with Gasteiger partial charge >= 0.3 is 0 Å². The molecule has 0 bridgehead atoms. The molecule has 3 heteroatoms. The number of hydrogen-bond acceptors (Lipinski definition) is 3. The van der Waals surface area contributed by atoms with Crippen LogP contribution in [0.15, 0.2) is 10.6 Å². The SMILES string of the molecule is Cc1cc(CNC2CCCCC2C(C)C)no1. The van der Waals surface area contributed by atoms with Crippen molar-refractivity contribution in [2.75, 3.05) is 0 Å². The quantitative estimate of drug-likeness (QED) is 0.871. The van der Waals surface area contributed by atoms with Gasteiger partial charge in [-0.1, -0.05) is 31.8 Å². The molecule has 1 saturated carbocycles. The van der Waals surface area contributed by atoms with E-state index < -0.39 is 0 Å². The predicted molar refractivity (Wildman–Crippen MR) is 68.7 cm³/mol. The fraction of sp³-hybridized carbons (Fsp3) is 0.786. The number of aromatic nitrogens is 1. The van der Waals surface area contributed by atoms with Crippen molar-refractivity contribution in [3.05, 3.63) is 17.5 Å². The number of nitrogens with one attached hydrogen (secondary N) is 1. The molecule has 3 nitrogen and oxygen atoms in total. The second kappa shape index (κ2) is 5.67. The topological polar surface area (TPSA) is 38.1 Å². The van der Waals surface area contributed by atoms with Crippen molar-refractivity contribution in [2.24, 2.45) is 11.8 Å². The minimum absolute atomic E-state index is 0.653. The largest absolute Gasteiger partial charge is 0.361 e. The number of rotatable bonds is 4. The smallest absolute Gasteiger partial charge is 0.133 e. The maximum absolute atomic E-state index is 5.09. The average molecular weight is 236 g/mol. The van der Waals surface area contributed by atoms with Crippen molar-refractivity contribution in [1.82, 2.24) is 10.5 Å². The van der Waals surface area contributed by atoms with Crippen LogP contribution in [-0.2, 0) is 6.54 Å². The van der Waals surface area contributed by atoms with Crippen molar-refractivity contribution in [3.63, 3.8) is 0 Å². The van der Waals surface area contributed by atoms with E-state index >= 15 is 0 Å². The normalized spacial score (nSPS) is 25.4. The van der Waals surface area contributed by atoms with E-state index in [1.54, 1.807) is 0 Å². The number of nitrogens with zero attached hydrogens (tertiary/aromatic N) is 1. The Balaban J connectivity index is 1.88. The molecule has 1 aromatic heterocycles. The van der Waals surface area contributed by atoms with Crippen LogP contribution >= 0.6 is 0 Å². The molecule has 0 saturated heterocycles. The molecule has 0 amide bonds. The zero-order valence-corrected chi connectivity index (χ0v) is 11.2. The highest BCUT2D eigenvalue weighted by atomic mass is 16.5. The fourth-order valence-corrected chi connectivity index (χ4v) is 2.95. The van der Waals surface area contributed by atoms with Crippen LogP contribution in [0.4, 0.5) is 0 Å². The van der Waals surface area contributed by atoms with Gasteiger partial charge in [-0.25, -0.2) is 0 Å². The summed E-state index contributed by atoms with van der Waals surface area (Å²) in [6.07, 6.45) is 5.43. The maximum atomic E-state index is 5.09. The molecule has 17 heavy (non-hydrogen) atoms. The predicted octanol–water partition coefficient (Wildman–Crippen LogP) is 3.29. The summed E-state index contributed by atoms with van der Waals surface area (Å²) < 4.78 is 5.09. The van der Waals surface area contributed by atoms with E-state index in [4.69, 9.17) is 4.52 Å². The molecule has 1 aromatic rings. The van der Waals surface area contributed by atoms with Crippen LogP contribution in [0, 0.1) is 18.8 Å². The summed E-state index contributed by atoms with van der Waals surface area (Å²) in [7, 11) is 0. The first kappa shape index (κ1) is 12.6. The molecule has 1 heterocycles. The number of hydrogen-bond donors (Lipinski definition) is 1. The molecule has 2 unspecified atom stereocenters. The average Bonchev–Trinajstić information content (AvgIpc) is 2.73. The first-order valence-corrected chi connectivity index (χ1v) is 6.82. The van der Waals surface area contributed by atoms with Gasteiger partial charge in [0.2, 0.25) is 0 Å². The highest BCUT2D eigenvalue weighted by molar-refractivity contribution is 5.03. The van der Waals surface area contributed by atoms with Crippen LogP contribution in [0.5, 0.6) is 0 Å². The van der Waals surface area contributed by atoms with Gasteiger partial charge in [0.1, 0.15) is 5.76 Å². The van der Waals surface area contributed by atoms with Crippen LogP contribution in [0.2, 0.25) is 0 Å². The Kier molecular flexibility index (Phi) is 4.21. The van der Waals surface area contributed by atoms with Gasteiger partial charge in [0, 0.05) is 18.7 Å². The lowest BCUT2D eigenvalue weighted by molar-refractivity contribution is 0.203. The summed E-state index contributed by atoms with van der Waals surface area (Å²) in [5, 5.41) is 7.69. The van der Waals surface area contributed by atoms with Gasteiger partial charge in [0.05, 0.1) is 5.69 Å². The Morgan fingerprint density at radius 1 is 1.41 bits per heavy atom. The number of aryl methyl sites for hydroxylation is 1. The van der Waals surface area contributed by atoms with E-state index in [1.807, 2.05) is 13.0 Å². The van der Waals surface area contributed by atoms with Crippen LogP contribution in [-0.4, -0.2) is 11.2 Å². The Bertz CT molecular complexity index is 346. The van der Waals surface area contributed by atoms with Gasteiger partial charge < -0.3 is 9.84 Å². The first-order valence-electron chi connectivity index (χ1n) is 6.82. The van der Waals surface area contributed by atoms with Gasteiger partial charge in [0.25, 0.3) is 0 Å². The fourth-order valence-electron chi connectivity index (χ4n) is 2.95. The lowest BCUT2D eigenvalue weighted by Crippen LogP contribution is -2.40. The molecule has 0 aromatic carbocycles. The lowest BCUT2D eigenvalue weighted by atomic mass is 9.78. The van der Waals surface area contributed by atoms with Gasteiger partial charge in [-0.15, -0.1) is 0 Å². The summed E-state index contributed by atoms with van der Waals surface area (Å²) in [5.74, 6) is 2.48. The van der Waals surface area contributed by atoms with Crippen molar-refractivity contribution < 1.29 is 4.52 Å². The molecule has 1 aliphatic carbocycles. The molecule has 1 fully saturated rings. The second-order valence-corrected chi connectivity index (χ2v) is 5.61. The van der Waals surface area contributed by atoms with E-state index in [2.05, 4.69) is 24.3 Å². The molecular weight excluding hydrogens is 212 g/mol. The van der Waals surface area contributed by atoms with E-state index in [1.165, 1.54) is 25.7 Å². The minimum Gasteiger partial charge on any atom is -0.361 e. The van der Waals surface area contributed by atoms with E-state index in [-0.39, 0.29) is 0 Å². The summed E-state index contributed by atoms with van der Waals surface area (Å²) in [4.78, 5) is 0. The second-order valence-electron chi connectivity index (χ2n) is 5.61. The third-order valence-electron chi connectivity index (χ3n) is 3.90. The summed E-state index contributed by atoms with van der Waals surface area (Å²) in [5.41, 5.74) is 1.02. The highest BCUT2D eigenvalue weighted by Gasteiger charge is 2.27. The van der Waals surface area contributed by atoms with Crippen molar-refractivity contribution >= 4 is 0 Å². The van der Waals surface area contributed by atoms with Gasteiger partial charge in [-0.2, -0.15) is 0 Å². The molecule has 0 aliphatic heterocycles. The Morgan fingerprint density at radius 3 is 2.82 bits per heavy atom. The third kappa shape index (κ3) is 3.32. The molecule has 0 spiro atoms. The summed E-state index contributed by atoms with van der Waals surface area (Å²) in [6, 6.07) is 2.67. The third-order valence-corrected chi connectivity index (χ3v) is 3.90. The van der Waals surface area contributed by atoms with Gasteiger partial charge in [0.15, 0.2) is 0 Å². The molecular formula is C14H24N2O. The van der Waals surface area contributed by atoms with E-state index in [0.29, 0.717) is 6.04 Å². The summed E-state index contributed by atoms with van der Waals surface area (Å²) >= 11 is 0. The molecule has 2 atom stereocenters. The standard InChI is InChI=1S/C14H24N2O/c1-10(2)13-6-4-5-7-14(13)15-9-12-8-11(3)17-16-12/h8,10,13-15H,4-7,9H2,1-3H3. The Morgan fingerprint density at radius 2 is 2.18 bits per heavy atom. The Hall–Kier alpha value is -0.830. The van der Waals surface area contributed by atoms with Gasteiger partial charge in [-0.3, -0.25) is 0 Å². The maximum Gasteiger partial charge on any atom is 0.133 e. The first-order chi connectivity index (χ1) is 8.16. The van der Waals surface area contributed by atoms with Crippen molar-refractivity contribution in [1.29, 1.82) is 0 Å².